The summed E-state index contributed by atoms with van der Waals surface area (Å²) in [6.07, 6.45) is 8.40. The summed E-state index contributed by atoms with van der Waals surface area (Å²) in [5.74, 6) is 0.864. The van der Waals surface area contributed by atoms with Gasteiger partial charge in [-0.05, 0) is 12.3 Å². The van der Waals surface area contributed by atoms with Crippen LogP contribution in [-0.4, -0.2) is 0 Å². The lowest BCUT2D eigenvalue weighted by molar-refractivity contribution is 0.451. The smallest absolute Gasteiger partial charge is 0.0621 e. The van der Waals surface area contributed by atoms with Crippen molar-refractivity contribution in [2.75, 3.05) is 0 Å². The summed E-state index contributed by atoms with van der Waals surface area (Å²) >= 11 is 0. The molecule has 0 radical (unpaired) electrons. The molecule has 0 bridgehead atoms. The topological polar surface area (TPSA) is 23.8 Å². The summed E-state index contributed by atoms with van der Waals surface area (Å²) in [5.41, 5.74) is 0. The predicted molar refractivity (Wildman–Crippen MR) is 52.8 cm³/mol. The Kier molecular flexibility index (Phi) is 8.22. The van der Waals surface area contributed by atoms with E-state index >= 15 is 0 Å². The molecule has 0 unspecified atom stereocenters. The van der Waals surface area contributed by atoms with Gasteiger partial charge in [-0.2, -0.15) is 5.26 Å². The van der Waals surface area contributed by atoms with E-state index < -0.39 is 0 Å². The molecule has 1 heteroatoms. The SMILES string of the molecule is CCCC[C@@H](C)CCCCC#N. The highest BCUT2D eigenvalue weighted by Gasteiger charge is 2.00. The Bertz CT molecular complexity index is 123. The molecule has 0 aliphatic carbocycles. The molecule has 0 heterocycles. The Hall–Kier alpha value is -0.510. The van der Waals surface area contributed by atoms with Gasteiger partial charge in [0.1, 0.15) is 0 Å². The zero-order valence-electron chi connectivity index (χ0n) is 8.47. The van der Waals surface area contributed by atoms with Gasteiger partial charge in [0, 0.05) is 6.42 Å². The summed E-state index contributed by atoms with van der Waals surface area (Å²) in [5, 5.41) is 8.32. The van der Waals surface area contributed by atoms with Crippen molar-refractivity contribution >= 4 is 0 Å². The molecule has 0 aromatic rings. The first-order valence-corrected chi connectivity index (χ1v) is 5.18. The quantitative estimate of drug-likeness (QED) is 0.527. The number of hydrogen-bond acceptors (Lipinski definition) is 1. The molecule has 0 fully saturated rings. The first-order valence-electron chi connectivity index (χ1n) is 5.18. The molecule has 0 spiro atoms. The third kappa shape index (κ3) is 7.60. The molecule has 12 heavy (non-hydrogen) atoms. The van der Waals surface area contributed by atoms with Gasteiger partial charge >= 0.3 is 0 Å². The van der Waals surface area contributed by atoms with E-state index in [1.165, 1.54) is 32.1 Å². The molecule has 0 saturated carbocycles. The van der Waals surface area contributed by atoms with Crippen molar-refractivity contribution in [2.45, 2.75) is 58.8 Å². The molecule has 1 nitrogen and oxygen atoms in total. The van der Waals surface area contributed by atoms with Crippen LogP contribution in [0.3, 0.4) is 0 Å². The highest BCUT2D eigenvalue weighted by Crippen LogP contribution is 2.15. The molecular weight excluding hydrogens is 146 g/mol. The number of hydrogen-bond donors (Lipinski definition) is 0. The van der Waals surface area contributed by atoms with Gasteiger partial charge in [-0.3, -0.25) is 0 Å². The van der Waals surface area contributed by atoms with Gasteiger partial charge in [0.05, 0.1) is 6.07 Å². The summed E-state index contributed by atoms with van der Waals surface area (Å²) in [6, 6.07) is 2.18. The molecule has 0 aliphatic heterocycles. The standard InChI is InChI=1S/C11H21N/c1-3-4-8-11(2)9-6-5-7-10-12/h11H,3-9H2,1-2H3/t11-/m1/s1. The van der Waals surface area contributed by atoms with E-state index in [2.05, 4.69) is 19.9 Å². The van der Waals surface area contributed by atoms with Gasteiger partial charge in [0.2, 0.25) is 0 Å². The minimum atomic E-state index is 0.737. The summed E-state index contributed by atoms with van der Waals surface area (Å²) in [4.78, 5) is 0. The lowest BCUT2D eigenvalue weighted by Gasteiger charge is -2.08. The van der Waals surface area contributed by atoms with Crippen LogP contribution in [0.25, 0.3) is 0 Å². The van der Waals surface area contributed by atoms with Crippen molar-refractivity contribution in [3.8, 4) is 6.07 Å². The van der Waals surface area contributed by atoms with E-state index in [4.69, 9.17) is 5.26 Å². The van der Waals surface area contributed by atoms with Crippen LogP contribution in [0, 0.1) is 17.2 Å². The molecule has 0 saturated heterocycles. The van der Waals surface area contributed by atoms with E-state index in [1.54, 1.807) is 0 Å². The summed E-state index contributed by atoms with van der Waals surface area (Å²) < 4.78 is 0. The summed E-state index contributed by atoms with van der Waals surface area (Å²) in [6.45, 7) is 4.56. The van der Waals surface area contributed by atoms with Gasteiger partial charge in [-0.15, -0.1) is 0 Å². The maximum atomic E-state index is 8.32. The fourth-order valence-corrected chi connectivity index (χ4v) is 1.39. The van der Waals surface area contributed by atoms with E-state index in [0.717, 1.165) is 18.8 Å². The fraction of sp³-hybridized carbons (Fsp3) is 0.909. The van der Waals surface area contributed by atoms with Crippen molar-refractivity contribution < 1.29 is 0 Å². The number of rotatable bonds is 7. The van der Waals surface area contributed by atoms with E-state index in [-0.39, 0.29) is 0 Å². The molecule has 0 aliphatic rings. The van der Waals surface area contributed by atoms with Crippen LogP contribution in [0.2, 0.25) is 0 Å². The highest BCUT2D eigenvalue weighted by atomic mass is 14.2. The molecule has 0 aromatic carbocycles. The fourth-order valence-electron chi connectivity index (χ4n) is 1.39. The monoisotopic (exact) mass is 167 g/mol. The van der Waals surface area contributed by atoms with Crippen molar-refractivity contribution in [1.82, 2.24) is 0 Å². The zero-order valence-corrected chi connectivity index (χ0v) is 8.47. The zero-order chi connectivity index (χ0) is 9.23. The van der Waals surface area contributed by atoms with Gasteiger partial charge in [0.25, 0.3) is 0 Å². The van der Waals surface area contributed by atoms with Crippen LogP contribution in [-0.2, 0) is 0 Å². The molecular formula is C11H21N. The van der Waals surface area contributed by atoms with Crippen molar-refractivity contribution in [2.24, 2.45) is 5.92 Å². The van der Waals surface area contributed by atoms with Gasteiger partial charge in [-0.25, -0.2) is 0 Å². The first-order chi connectivity index (χ1) is 5.81. The third-order valence-corrected chi connectivity index (χ3v) is 2.29. The van der Waals surface area contributed by atoms with E-state index in [1.807, 2.05) is 0 Å². The Morgan fingerprint density at radius 3 is 2.42 bits per heavy atom. The van der Waals surface area contributed by atoms with Gasteiger partial charge < -0.3 is 0 Å². The van der Waals surface area contributed by atoms with Crippen molar-refractivity contribution in [3.63, 3.8) is 0 Å². The third-order valence-electron chi connectivity index (χ3n) is 2.29. The minimum Gasteiger partial charge on any atom is -0.198 e. The second-order valence-corrected chi connectivity index (χ2v) is 3.65. The highest BCUT2D eigenvalue weighted by molar-refractivity contribution is 4.68. The molecule has 0 N–H and O–H groups in total. The summed E-state index contributed by atoms with van der Waals surface area (Å²) in [7, 11) is 0. The average Bonchev–Trinajstić information content (AvgIpc) is 2.09. The lowest BCUT2D eigenvalue weighted by atomic mass is 9.98. The number of nitrogens with zero attached hydrogens (tertiary/aromatic N) is 1. The molecule has 0 amide bonds. The van der Waals surface area contributed by atoms with Crippen LogP contribution >= 0.6 is 0 Å². The van der Waals surface area contributed by atoms with Crippen molar-refractivity contribution in [1.29, 1.82) is 5.26 Å². The predicted octanol–water partition coefficient (Wildman–Crippen LogP) is 3.90. The molecule has 70 valence electrons. The Morgan fingerprint density at radius 1 is 1.17 bits per heavy atom. The van der Waals surface area contributed by atoms with E-state index in [9.17, 15) is 0 Å². The van der Waals surface area contributed by atoms with Gasteiger partial charge in [0.15, 0.2) is 0 Å². The maximum Gasteiger partial charge on any atom is 0.0621 e. The van der Waals surface area contributed by atoms with Crippen LogP contribution in [0.4, 0.5) is 0 Å². The second kappa shape index (κ2) is 8.59. The molecule has 0 aromatic heterocycles. The first kappa shape index (κ1) is 11.5. The lowest BCUT2D eigenvalue weighted by Crippen LogP contribution is -1.94. The second-order valence-electron chi connectivity index (χ2n) is 3.65. The Balaban J connectivity index is 3.09. The largest absolute Gasteiger partial charge is 0.198 e. The molecule has 0 rings (SSSR count). The van der Waals surface area contributed by atoms with E-state index in [0.29, 0.717) is 0 Å². The normalized spacial score (nSPS) is 12.4. The minimum absolute atomic E-state index is 0.737. The van der Waals surface area contributed by atoms with Gasteiger partial charge in [-0.1, -0.05) is 46.0 Å². The number of nitriles is 1. The Morgan fingerprint density at radius 2 is 1.83 bits per heavy atom. The van der Waals surface area contributed by atoms with Crippen LogP contribution in [0.1, 0.15) is 58.8 Å². The maximum absolute atomic E-state index is 8.32. The average molecular weight is 167 g/mol. The van der Waals surface area contributed by atoms with Crippen LogP contribution in [0.15, 0.2) is 0 Å². The molecule has 1 atom stereocenters. The Labute approximate surface area is 76.8 Å². The van der Waals surface area contributed by atoms with Crippen LogP contribution < -0.4 is 0 Å². The van der Waals surface area contributed by atoms with Crippen molar-refractivity contribution in [3.05, 3.63) is 0 Å². The van der Waals surface area contributed by atoms with Crippen LogP contribution in [0.5, 0.6) is 0 Å². The number of unbranched alkanes of at least 4 members (excludes halogenated alkanes) is 3.